The van der Waals surface area contributed by atoms with Crippen molar-refractivity contribution in [3.63, 3.8) is 0 Å². The smallest absolute Gasteiger partial charge is 0.227 e. The lowest BCUT2D eigenvalue weighted by molar-refractivity contribution is -0.117. The van der Waals surface area contributed by atoms with Crippen molar-refractivity contribution >= 4 is 50.9 Å². The molecule has 1 unspecified atom stereocenters. The molecule has 0 N–H and O–H groups in total. The van der Waals surface area contributed by atoms with Gasteiger partial charge < -0.3 is 4.90 Å². The van der Waals surface area contributed by atoms with Gasteiger partial charge in [0.25, 0.3) is 0 Å². The molecule has 1 amide bonds. The van der Waals surface area contributed by atoms with Crippen molar-refractivity contribution in [2.45, 2.75) is 11.3 Å². The highest BCUT2D eigenvalue weighted by atomic mass is 79.9. The van der Waals surface area contributed by atoms with Crippen LogP contribution in [0.3, 0.4) is 0 Å². The minimum Gasteiger partial charge on any atom is -0.310 e. The second-order valence-electron chi connectivity index (χ2n) is 4.13. The van der Waals surface area contributed by atoms with Crippen molar-refractivity contribution in [2.24, 2.45) is 5.92 Å². The number of nitriles is 1. The molecule has 1 aliphatic heterocycles. The summed E-state index contributed by atoms with van der Waals surface area (Å²) in [5.74, 6) is 0.204. The van der Waals surface area contributed by atoms with E-state index in [9.17, 15) is 4.79 Å². The van der Waals surface area contributed by atoms with Gasteiger partial charge in [-0.15, -0.1) is 6.58 Å². The van der Waals surface area contributed by atoms with E-state index in [0.29, 0.717) is 23.7 Å². The summed E-state index contributed by atoms with van der Waals surface area (Å²) in [5.41, 5.74) is 0.671. The molecule has 0 aliphatic carbocycles. The monoisotopic (exact) mass is 356 g/mol. The standard InChI is InChI=1S/C13H10BrClN2OS/c1-2-8-3-13(18)17(6-8)11-4-9(14)12(19-7-16)5-10(11)15/h2,4-5,8H,1,3,6H2. The number of rotatable bonds is 3. The fraction of sp³-hybridized carbons (Fsp3) is 0.231. The summed E-state index contributed by atoms with van der Waals surface area (Å²) in [5, 5.41) is 11.2. The first-order valence-electron chi connectivity index (χ1n) is 5.54. The van der Waals surface area contributed by atoms with E-state index in [1.54, 1.807) is 23.1 Å². The van der Waals surface area contributed by atoms with Gasteiger partial charge in [0.15, 0.2) is 0 Å². The molecular formula is C13H10BrClN2OS. The van der Waals surface area contributed by atoms with Gasteiger partial charge >= 0.3 is 0 Å². The molecule has 19 heavy (non-hydrogen) atoms. The van der Waals surface area contributed by atoms with Crippen molar-refractivity contribution in [2.75, 3.05) is 11.4 Å². The zero-order chi connectivity index (χ0) is 14.0. The summed E-state index contributed by atoms with van der Waals surface area (Å²) in [7, 11) is 0. The maximum atomic E-state index is 12.0. The Kier molecular flexibility index (Phi) is 4.56. The van der Waals surface area contributed by atoms with Crippen LogP contribution in [-0.2, 0) is 4.79 Å². The van der Waals surface area contributed by atoms with E-state index in [1.165, 1.54) is 0 Å². The van der Waals surface area contributed by atoms with Crippen LogP contribution in [0.15, 0.2) is 34.2 Å². The summed E-state index contributed by atoms with van der Waals surface area (Å²) in [6.45, 7) is 4.32. The highest BCUT2D eigenvalue weighted by molar-refractivity contribution is 9.10. The zero-order valence-electron chi connectivity index (χ0n) is 9.90. The maximum Gasteiger partial charge on any atom is 0.227 e. The molecule has 0 bridgehead atoms. The van der Waals surface area contributed by atoms with E-state index >= 15 is 0 Å². The predicted octanol–water partition coefficient (Wildman–Crippen LogP) is 4.21. The minimum atomic E-state index is 0.0411. The molecule has 0 spiro atoms. The Morgan fingerprint density at radius 2 is 2.37 bits per heavy atom. The molecule has 6 heteroatoms. The molecule has 1 aliphatic rings. The van der Waals surface area contributed by atoms with E-state index in [2.05, 4.69) is 22.5 Å². The van der Waals surface area contributed by atoms with Crippen molar-refractivity contribution in [3.8, 4) is 5.40 Å². The van der Waals surface area contributed by atoms with Gasteiger partial charge in [-0.3, -0.25) is 4.79 Å². The summed E-state index contributed by atoms with van der Waals surface area (Å²) < 4.78 is 0.758. The first-order valence-corrected chi connectivity index (χ1v) is 7.53. The third-order valence-corrected chi connectivity index (χ3v) is 4.81. The second-order valence-corrected chi connectivity index (χ2v) is 6.22. The largest absolute Gasteiger partial charge is 0.310 e. The van der Waals surface area contributed by atoms with Gasteiger partial charge in [0.2, 0.25) is 5.91 Å². The average molecular weight is 358 g/mol. The number of anilines is 1. The topological polar surface area (TPSA) is 44.1 Å². The average Bonchev–Trinajstić information content (AvgIpc) is 2.75. The molecule has 2 rings (SSSR count). The third-order valence-electron chi connectivity index (χ3n) is 2.94. The maximum absolute atomic E-state index is 12.0. The lowest BCUT2D eigenvalue weighted by atomic mass is 10.1. The molecular weight excluding hydrogens is 348 g/mol. The predicted molar refractivity (Wildman–Crippen MR) is 81.3 cm³/mol. The van der Waals surface area contributed by atoms with Crippen LogP contribution in [0.1, 0.15) is 6.42 Å². The number of nitrogens with zero attached hydrogens (tertiary/aromatic N) is 2. The van der Waals surface area contributed by atoms with E-state index < -0.39 is 0 Å². The van der Waals surface area contributed by atoms with Crippen LogP contribution in [0.4, 0.5) is 5.69 Å². The quantitative estimate of drug-likeness (QED) is 0.462. The Bertz CT molecular complexity index is 585. The Labute approximate surface area is 129 Å². The van der Waals surface area contributed by atoms with E-state index in [0.717, 1.165) is 21.1 Å². The number of thioether (sulfide) groups is 1. The zero-order valence-corrected chi connectivity index (χ0v) is 13.1. The van der Waals surface area contributed by atoms with Crippen LogP contribution in [0.2, 0.25) is 5.02 Å². The van der Waals surface area contributed by atoms with Crippen LogP contribution >= 0.6 is 39.3 Å². The molecule has 1 aromatic carbocycles. The lowest BCUT2D eigenvalue weighted by Gasteiger charge is -2.19. The number of hydrogen-bond donors (Lipinski definition) is 0. The van der Waals surface area contributed by atoms with Crippen molar-refractivity contribution in [1.82, 2.24) is 0 Å². The van der Waals surface area contributed by atoms with Gasteiger partial charge in [-0.25, -0.2) is 0 Å². The molecule has 1 heterocycles. The van der Waals surface area contributed by atoms with Crippen molar-refractivity contribution in [3.05, 3.63) is 34.3 Å². The number of halogens is 2. The van der Waals surface area contributed by atoms with Gasteiger partial charge in [0.1, 0.15) is 5.40 Å². The summed E-state index contributed by atoms with van der Waals surface area (Å²) >= 11 is 10.6. The molecule has 1 saturated heterocycles. The number of thiocyanates is 1. The Morgan fingerprint density at radius 3 is 2.95 bits per heavy atom. The molecule has 0 aromatic heterocycles. The molecule has 3 nitrogen and oxygen atoms in total. The third kappa shape index (κ3) is 2.97. The summed E-state index contributed by atoms with van der Waals surface area (Å²) in [6.07, 6.45) is 2.26. The van der Waals surface area contributed by atoms with Crippen molar-refractivity contribution < 1.29 is 4.79 Å². The minimum absolute atomic E-state index is 0.0411. The number of hydrogen-bond acceptors (Lipinski definition) is 3. The van der Waals surface area contributed by atoms with Gasteiger partial charge in [-0.1, -0.05) is 17.7 Å². The van der Waals surface area contributed by atoms with Crippen LogP contribution < -0.4 is 4.90 Å². The summed E-state index contributed by atoms with van der Waals surface area (Å²) in [4.78, 5) is 14.4. The summed E-state index contributed by atoms with van der Waals surface area (Å²) in [6, 6.07) is 3.48. The molecule has 1 atom stereocenters. The van der Waals surface area contributed by atoms with E-state index in [-0.39, 0.29) is 11.8 Å². The Hall–Kier alpha value is -0.960. The SMILES string of the molecule is C=CC1CC(=O)N(c2cc(Br)c(SC#N)cc2Cl)C1. The number of benzene rings is 1. The Balaban J connectivity index is 2.36. The highest BCUT2D eigenvalue weighted by Gasteiger charge is 2.30. The van der Waals surface area contributed by atoms with Gasteiger partial charge in [-0.05, 0) is 39.8 Å². The van der Waals surface area contributed by atoms with Crippen LogP contribution in [0.5, 0.6) is 0 Å². The van der Waals surface area contributed by atoms with Crippen molar-refractivity contribution in [1.29, 1.82) is 5.26 Å². The van der Waals surface area contributed by atoms with Crippen LogP contribution in [0.25, 0.3) is 0 Å². The Morgan fingerprint density at radius 1 is 1.63 bits per heavy atom. The first kappa shape index (κ1) is 14.4. The highest BCUT2D eigenvalue weighted by Crippen LogP contribution is 2.38. The molecule has 0 radical (unpaired) electrons. The number of amides is 1. The van der Waals surface area contributed by atoms with E-state index in [4.69, 9.17) is 16.9 Å². The van der Waals surface area contributed by atoms with Gasteiger partial charge in [0.05, 0.1) is 10.7 Å². The van der Waals surface area contributed by atoms with Crippen LogP contribution in [0, 0.1) is 16.6 Å². The number of carbonyl (C=O) groups excluding carboxylic acids is 1. The molecule has 1 fully saturated rings. The molecule has 0 saturated carbocycles. The van der Waals surface area contributed by atoms with E-state index in [1.807, 2.05) is 5.40 Å². The second kappa shape index (κ2) is 6.00. The first-order chi connectivity index (χ1) is 9.06. The van der Waals surface area contributed by atoms with Gasteiger partial charge in [-0.2, -0.15) is 5.26 Å². The van der Waals surface area contributed by atoms with Crippen LogP contribution in [-0.4, -0.2) is 12.5 Å². The molecule has 98 valence electrons. The normalized spacial score (nSPS) is 18.5. The number of carbonyl (C=O) groups is 1. The fourth-order valence-corrected chi connectivity index (χ4v) is 3.31. The molecule has 1 aromatic rings. The fourth-order valence-electron chi connectivity index (χ4n) is 1.98. The lowest BCUT2D eigenvalue weighted by Crippen LogP contribution is -2.24. The van der Waals surface area contributed by atoms with Gasteiger partial charge in [0, 0.05) is 28.3 Å².